The highest BCUT2D eigenvalue weighted by Crippen LogP contribution is 2.42. The number of alkyl halides is 3. The van der Waals surface area contributed by atoms with Crippen LogP contribution in [0.15, 0.2) is 36.4 Å². The number of halogens is 6. The minimum absolute atomic E-state index is 0.0748. The number of anilines is 1. The summed E-state index contributed by atoms with van der Waals surface area (Å²) in [4.78, 5) is 27.2. The number of aliphatic hydroxyl groups is 1. The topological polar surface area (TPSA) is 60.9 Å². The molecular formula is C27H28Cl2F4N2O3. The van der Waals surface area contributed by atoms with Crippen molar-refractivity contribution in [2.75, 3.05) is 31.1 Å². The maximum atomic E-state index is 14.0. The van der Waals surface area contributed by atoms with Crippen molar-refractivity contribution in [3.05, 3.63) is 63.4 Å². The summed E-state index contributed by atoms with van der Waals surface area (Å²) in [6.45, 7) is 1.80. The normalized spacial score (nSPS) is 19.3. The molecule has 0 spiro atoms. The van der Waals surface area contributed by atoms with Crippen LogP contribution in [-0.4, -0.2) is 54.6 Å². The fraction of sp³-hybridized carbons (Fsp3) is 0.481. The fourth-order valence-corrected chi connectivity index (χ4v) is 5.92. The number of piperidine rings is 2. The summed E-state index contributed by atoms with van der Waals surface area (Å²) in [6.07, 6.45) is -0.800. The molecule has 5 nitrogen and oxygen atoms in total. The van der Waals surface area contributed by atoms with Crippen molar-refractivity contribution in [2.45, 2.75) is 43.9 Å². The molecule has 2 aromatic rings. The van der Waals surface area contributed by atoms with Crippen LogP contribution in [0.3, 0.4) is 0 Å². The van der Waals surface area contributed by atoms with E-state index in [1.165, 1.54) is 0 Å². The van der Waals surface area contributed by atoms with Gasteiger partial charge in [-0.25, -0.2) is 4.39 Å². The Morgan fingerprint density at radius 2 is 1.58 bits per heavy atom. The summed E-state index contributed by atoms with van der Waals surface area (Å²) in [7, 11) is 0. The molecule has 0 saturated carbocycles. The molecule has 0 bridgehead atoms. The molecule has 0 aromatic heterocycles. The van der Waals surface area contributed by atoms with Gasteiger partial charge in [0, 0.05) is 48.0 Å². The van der Waals surface area contributed by atoms with Crippen molar-refractivity contribution in [3.8, 4) is 0 Å². The molecule has 2 fully saturated rings. The zero-order valence-corrected chi connectivity index (χ0v) is 22.0. The number of hydrogen-bond donors (Lipinski definition) is 1. The van der Waals surface area contributed by atoms with Crippen LogP contribution in [0.4, 0.5) is 23.2 Å². The summed E-state index contributed by atoms with van der Waals surface area (Å²) < 4.78 is 55.7. The summed E-state index contributed by atoms with van der Waals surface area (Å²) in [6, 6.07) is 7.43. The van der Waals surface area contributed by atoms with E-state index < -0.39 is 29.1 Å². The predicted molar refractivity (Wildman–Crippen MR) is 137 cm³/mol. The lowest BCUT2D eigenvalue weighted by Crippen LogP contribution is -2.57. The lowest BCUT2D eigenvalue weighted by molar-refractivity contribution is -0.262. The van der Waals surface area contributed by atoms with Crippen LogP contribution in [0.25, 0.3) is 0 Å². The Bertz CT molecular complexity index is 1160. The third-order valence-electron chi connectivity index (χ3n) is 7.66. The first-order valence-electron chi connectivity index (χ1n) is 12.5. The third kappa shape index (κ3) is 5.95. The van der Waals surface area contributed by atoms with E-state index in [-0.39, 0.29) is 24.0 Å². The monoisotopic (exact) mass is 574 g/mol. The van der Waals surface area contributed by atoms with Crippen LogP contribution in [0.1, 0.15) is 48.0 Å². The van der Waals surface area contributed by atoms with Crippen molar-refractivity contribution in [1.29, 1.82) is 0 Å². The molecule has 2 heterocycles. The Balaban J connectivity index is 1.33. The number of nitrogens with zero attached hydrogens (tertiary/aromatic N) is 2. The minimum Gasteiger partial charge on any atom is -0.371 e. The molecule has 1 unspecified atom stereocenters. The van der Waals surface area contributed by atoms with Crippen LogP contribution in [0.2, 0.25) is 10.0 Å². The molecule has 206 valence electrons. The lowest BCUT2D eigenvalue weighted by Gasteiger charge is -2.40. The number of benzene rings is 2. The lowest BCUT2D eigenvalue weighted by atomic mass is 9.82. The number of hydrogen-bond acceptors (Lipinski definition) is 4. The van der Waals surface area contributed by atoms with Gasteiger partial charge < -0.3 is 14.9 Å². The number of carbonyl (C=O) groups excluding carboxylic acids is 2. The zero-order valence-electron chi connectivity index (χ0n) is 20.5. The molecule has 2 aliphatic heterocycles. The minimum atomic E-state index is -5.36. The first kappa shape index (κ1) is 28.6. The van der Waals surface area contributed by atoms with Crippen LogP contribution in [0, 0.1) is 17.7 Å². The van der Waals surface area contributed by atoms with Crippen LogP contribution in [-0.2, 0) is 10.4 Å². The Hall–Kier alpha value is -2.36. The van der Waals surface area contributed by atoms with Crippen LogP contribution >= 0.6 is 23.2 Å². The van der Waals surface area contributed by atoms with E-state index in [1.54, 1.807) is 12.1 Å². The van der Waals surface area contributed by atoms with Gasteiger partial charge in [0.2, 0.25) is 0 Å². The molecule has 38 heavy (non-hydrogen) atoms. The van der Waals surface area contributed by atoms with Crippen molar-refractivity contribution < 1.29 is 32.3 Å². The molecule has 0 aliphatic carbocycles. The summed E-state index contributed by atoms with van der Waals surface area (Å²) in [5.41, 5.74) is -3.41. The van der Waals surface area contributed by atoms with Crippen molar-refractivity contribution in [2.24, 2.45) is 11.8 Å². The third-order valence-corrected chi connectivity index (χ3v) is 8.20. The van der Waals surface area contributed by atoms with E-state index >= 15 is 0 Å². The highest BCUT2D eigenvalue weighted by Gasteiger charge is 2.62. The van der Waals surface area contributed by atoms with E-state index in [0.717, 1.165) is 61.4 Å². The van der Waals surface area contributed by atoms with Crippen molar-refractivity contribution in [3.63, 3.8) is 0 Å². The molecule has 1 N–H and O–H groups in total. The average molecular weight is 575 g/mol. The molecule has 1 amide bonds. The molecule has 11 heteroatoms. The van der Waals surface area contributed by atoms with E-state index in [9.17, 15) is 32.3 Å². The standard InChI is InChI=1S/C27H28Cl2F4N2O3/c28-21-12-20(13-22(30)14-21)26(38,27(31,32)33)25(37)35-9-5-18(6-10-35)11-17-3-7-34(8-4-17)23-2-1-19(16-36)24(29)15-23/h1-2,12-18,38H,3-11H2. The number of aldehydes is 1. The van der Waals surface area contributed by atoms with Gasteiger partial charge in [-0.05, 0) is 80.3 Å². The van der Waals surface area contributed by atoms with E-state index in [4.69, 9.17) is 23.2 Å². The number of rotatable bonds is 6. The first-order valence-corrected chi connectivity index (χ1v) is 13.2. The predicted octanol–water partition coefficient (Wildman–Crippen LogP) is 6.24. The van der Waals surface area contributed by atoms with Crippen molar-refractivity contribution >= 4 is 41.1 Å². The summed E-state index contributed by atoms with van der Waals surface area (Å²) in [5, 5.41) is 10.7. The van der Waals surface area contributed by atoms with E-state index in [2.05, 4.69) is 4.90 Å². The number of carbonyl (C=O) groups is 2. The van der Waals surface area contributed by atoms with Gasteiger partial charge in [0.1, 0.15) is 5.82 Å². The first-order chi connectivity index (χ1) is 17.9. The van der Waals surface area contributed by atoms with Gasteiger partial charge in [0.05, 0.1) is 5.02 Å². The fourth-order valence-electron chi connectivity index (χ4n) is 5.48. The average Bonchev–Trinajstić information content (AvgIpc) is 2.87. The van der Waals surface area contributed by atoms with E-state index in [1.807, 2.05) is 6.07 Å². The number of amides is 1. The van der Waals surface area contributed by atoms with Gasteiger partial charge in [0.25, 0.3) is 11.5 Å². The Labute approximate surface area is 228 Å². The van der Waals surface area contributed by atoms with Gasteiger partial charge in [-0.2, -0.15) is 13.2 Å². The summed E-state index contributed by atoms with van der Waals surface area (Å²) in [5.74, 6) is -1.89. The Kier molecular flexibility index (Phi) is 8.59. The van der Waals surface area contributed by atoms with E-state index in [0.29, 0.717) is 35.4 Å². The van der Waals surface area contributed by atoms with Gasteiger partial charge >= 0.3 is 6.18 Å². The van der Waals surface area contributed by atoms with Gasteiger partial charge in [-0.15, -0.1) is 0 Å². The number of likely N-dealkylation sites (tertiary alicyclic amines) is 1. The molecule has 2 aromatic carbocycles. The molecule has 0 radical (unpaired) electrons. The second-order valence-corrected chi connectivity index (χ2v) is 10.9. The maximum absolute atomic E-state index is 14.0. The van der Waals surface area contributed by atoms with Gasteiger partial charge in [0.15, 0.2) is 6.29 Å². The van der Waals surface area contributed by atoms with Crippen LogP contribution in [0.5, 0.6) is 0 Å². The molecule has 2 aliphatic rings. The van der Waals surface area contributed by atoms with Gasteiger partial charge in [-0.1, -0.05) is 23.2 Å². The molecule has 2 saturated heterocycles. The molecule has 4 rings (SSSR count). The smallest absolute Gasteiger partial charge is 0.371 e. The van der Waals surface area contributed by atoms with Gasteiger partial charge in [-0.3, -0.25) is 9.59 Å². The maximum Gasteiger partial charge on any atom is 0.430 e. The van der Waals surface area contributed by atoms with Crippen LogP contribution < -0.4 is 4.90 Å². The quantitative estimate of drug-likeness (QED) is 0.327. The highest BCUT2D eigenvalue weighted by molar-refractivity contribution is 6.33. The second kappa shape index (κ2) is 11.4. The zero-order chi connectivity index (χ0) is 27.7. The second-order valence-electron chi connectivity index (χ2n) is 10.1. The SMILES string of the molecule is O=Cc1ccc(N2CCC(CC3CCN(C(=O)C(O)(c4cc(F)cc(Cl)c4)C(F)(F)F)CC3)CC2)cc1Cl. The Morgan fingerprint density at radius 1 is 0.974 bits per heavy atom. The Morgan fingerprint density at radius 3 is 2.11 bits per heavy atom. The molecular weight excluding hydrogens is 547 g/mol. The largest absolute Gasteiger partial charge is 0.430 e. The van der Waals surface area contributed by atoms with Crippen molar-refractivity contribution in [1.82, 2.24) is 4.90 Å². The molecule has 1 atom stereocenters. The summed E-state index contributed by atoms with van der Waals surface area (Å²) >= 11 is 11.9. The highest BCUT2D eigenvalue weighted by atomic mass is 35.5.